The maximum Gasteiger partial charge on any atom is 0.0683 e. The van der Waals surface area contributed by atoms with Gasteiger partial charge in [0.15, 0.2) is 0 Å². The van der Waals surface area contributed by atoms with Crippen molar-refractivity contribution in [3.63, 3.8) is 0 Å². The molecule has 0 saturated heterocycles. The molecule has 0 fully saturated rings. The zero-order valence-electron chi connectivity index (χ0n) is 10.6. The summed E-state index contributed by atoms with van der Waals surface area (Å²) in [7, 11) is 1.97. The number of nitrogens with one attached hydrogen (secondary N) is 1. The largest absolute Gasteiger partial charge is 0.309 e. The molecule has 0 saturated carbocycles. The summed E-state index contributed by atoms with van der Waals surface area (Å²) in [6.45, 7) is 0. The van der Waals surface area contributed by atoms with Crippen LogP contribution in [0.15, 0.2) is 54.6 Å². The molecule has 0 aliphatic rings. The lowest BCUT2D eigenvalue weighted by molar-refractivity contribution is 0.704. The summed E-state index contributed by atoms with van der Waals surface area (Å²) >= 11 is 8.12. The van der Waals surface area contributed by atoms with E-state index in [-0.39, 0.29) is 6.04 Å². The standard InChI is InChI=1S/C16H14ClNS/c1-18-16(12-7-3-4-8-13(12)17)15-10-11-6-2-5-9-14(11)19-15/h2-10,16,18H,1H3. The zero-order valence-corrected chi connectivity index (χ0v) is 12.1. The van der Waals surface area contributed by atoms with Gasteiger partial charge in [-0.15, -0.1) is 11.3 Å². The highest BCUT2D eigenvalue weighted by molar-refractivity contribution is 7.19. The monoisotopic (exact) mass is 287 g/mol. The topological polar surface area (TPSA) is 12.0 Å². The molecule has 1 nitrogen and oxygen atoms in total. The molecule has 1 atom stereocenters. The molecule has 1 aromatic heterocycles. The van der Waals surface area contributed by atoms with Gasteiger partial charge in [0.2, 0.25) is 0 Å². The van der Waals surface area contributed by atoms with Crippen LogP contribution in [0.4, 0.5) is 0 Å². The van der Waals surface area contributed by atoms with E-state index in [1.54, 1.807) is 0 Å². The summed E-state index contributed by atoms with van der Waals surface area (Å²) in [5.41, 5.74) is 1.12. The first-order chi connectivity index (χ1) is 9.29. The van der Waals surface area contributed by atoms with Gasteiger partial charge in [-0.25, -0.2) is 0 Å². The average molecular weight is 288 g/mol. The van der Waals surface area contributed by atoms with Gasteiger partial charge >= 0.3 is 0 Å². The average Bonchev–Trinajstić information content (AvgIpc) is 2.85. The van der Waals surface area contributed by atoms with E-state index in [1.165, 1.54) is 15.0 Å². The van der Waals surface area contributed by atoms with Gasteiger partial charge in [-0.1, -0.05) is 48.0 Å². The van der Waals surface area contributed by atoms with Gasteiger partial charge in [0.25, 0.3) is 0 Å². The van der Waals surface area contributed by atoms with Crippen molar-refractivity contribution < 1.29 is 0 Å². The van der Waals surface area contributed by atoms with E-state index in [0.717, 1.165) is 10.6 Å². The third kappa shape index (κ3) is 2.39. The molecule has 3 rings (SSSR count). The molecule has 0 radical (unpaired) electrons. The minimum absolute atomic E-state index is 0.145. The first-order valence-electron chi connectivity index (χ1n) is 6.20. The van der Waals surface area contributed by atoms with Gasteiger partial charge < -0.3 is 5.32 Å². The van der Waals surface area contributed by atoms with Crippen LogP contribution < -0.4 is 5.32 Å². The van der Waals surface area contributed by atoms with Crippen molar-refractivity contribution >= 4 is 33.0 Å². The molecule has 19 heavy (non-hydrogen) atoms. The van der Waals surface area contributed by atoms with Gasteiger partial charge in [0.05, 0.1) is 6.04 Å². The number of hydrogen-bond donors (Lipinski definition) is 1. The van der Waals surface area contributed by atoms with Gasteiger partial charge in [-0.3, -0.25) is 0 Å². The van der Waals surface area contributed by atoms with Crippen LogP contribution in [-0.2, 0) is 0 Å². The van der Waals surface area contributed by atoms with Gasteiger partial charge in [0, 0.05) is 14.6 Å². The van der Waals surface area contributed by atoms with Crippen LogP contribution in [-0.4, -0.2) is 7.05 Å². The molecule has 1 unspecified atom stereocenters. The van der Waals surface area contributed by atoms with Crippen LogP contribution >= 0.6 is 22.9 Å². The van der Waals surface area contributed by atoms with Crippen molar-refractivity contribution in [2.45, 2.75) is 6.04 Å². The van der Waals surface area contributed by atoms with E-state index in [1.807, 2.05) is 36.6 Å². The number of halogens is 1. The summed E-state index contributed by atoms with van der Waals surface area (Å²) in [6, 6.07) is 18.8. The number of benzene rings is 2. The molecular formula is C16H14ClNS. The Morgan fingerprint density at radius 2 is 1.79 bits per heavy atom. The van der Waals surface area contributed by atoms with E-state index in [9.17, 15) is 0 Å². The molecule has 96 valence electrons. The Hall–Kier alpha value is -1.35. The minimum Gasteiger partial charge on any atom is -0.309 e. The third-order valence-corrected chi connectivity index (χ3v) is 4.76. The molecule has 0 aliphatic carbocycles. The summed E-state index contributed by atoms with van der Waals surface area (Å²) in [5.74, 6) is 0. The Labute approximate surface area is 121 Å². The fourth-order valence-corrected chi connectivity index (χ4v) is 3.74. The molecule has 0 aliphatic heterocycles. The molecule has 0 amide bonds. The van der Waals surface area contributed by atoms with E-state index in [0.29, 0.717) is 0 Å². The summed E-state index contributed by atoms with van der Waals surface area (Å²) in [5, 5.41) is 5.45. The second-order valence-electron chi connectivity index (χ2n) is 4.43. The number of rotatable bonds is 3. The van der Waals surface area contributed by atoms with Crippen LogP contribution in [0, 0.1) is 0 Å². The maximum absolute atomic E-state index is 6.31. The molecule has 1 N–H and O–H groups in total. The number of hydrogen-bond acceptors (Lipinski definition) is 2. The number of fused-ring (bicyclic) bond motifs is 1. The Morgan fingerprint density at radius 3 is 2.53 bits per heavy atom. The van der Waals surface area contributed by atoms with Crippen molar-refractivity contribution in [3.8, 4) is 0 Å². The lowest BCUT2D eigenvalue weighted by Crippen LogP contribution is -2.16. The first kappa shape index (κ1) is 12.7. The highest BCUT2D eigenvalue weighted by atomic mass is 35.5. The Bertz CT molecular complexity index is 672. The van der Waals surface area contributed by atoms with E-state index in [2.05, 4.69) is 41.7 Å². The summed E-state index contributed by atoms with van der Waals surface area (Å²) in [6.07, 6.45) is 0. The van der Waals surface area contributed by atoms with E-state index < -0.39 is 0 Å². The Morgan fingerprint density at radius 1 is 1.05 bits per heavy atom. The highest BCUT2D eigenvalue weighted by Gasteiger charge is 2.17. The molecule has 2 aromatic carbocycles. The van der Waals surface area contributed by atoms with Crippen molar-refractivity contribution in [2.24, 2.45) is 0 Å². The summed E-state index contributed by atoms with van der Waals surface area (Å²) < 4.78 is 1.31. The predicted molar refractivity (Wildman–Crippen MR) is 84.2 cm³/mol. The zero-order chi connectivity index (χ0) is 13.2. The highest BCUT2D eigenvalue weighted by Crippen LogP contribution is 2.35. The van der Waals surface area contributed by atoms with Crippen LogP contribution in [0.2, 0.25) is 5.02 Å². The summed E-state index contributed by atoms with van der Waals surface area (Å²) in [4.78, 5) is 1.29. The molecule has 3 heteroatoms. The Balaban J connectivity index is 2.09. The fourth-order valence-electron chi connectivity index (χ4n) is 2.30. The van der Waals surface area contributed by atoms with E-state index >= 15 is 0 Å². The van der Waals surface area contributed by atoms with Crippen molar-refractivity contribution in [1.29, 1.82) is 0 Å². The van der Waals surface area contributed by atoms with Crippen LogP contribution in [0.5, 0.6) is 0 Å². The lowest BCUT2D eigenvalue weighted by atomic mass is 10.1. The smallest absolute Gasteiger partial charge is 0.0683 e. The Kier molecular flexibility index (Phi) is 3.56. The van der Waals surface area contributed by atoms with Gasteiger partial charge in [-0.2, -0.15) is 0 Å². The van der Waals surface area contributed by atoms with Crippen LogP contribution in [0.25, 0.3) is 10.1 Å². The molecule has 3 aromatic rings. The quantitative estimate of drug-likeness (QED) is 0.725. The minimum atomic E-state index is 0.145. The van der Waals surface area contributed by atoms with Crippen LogP contribution in [0.3, 0.4) is 0 Å². The van der Waals surface area contributed by atoms with Crippen molar-refractivity contribution in [2.75, 3.05) is 7.05 Å². The van der Waals surface area contributed by atoms with Crippen LogP contribution in [0.1, 0.15) is 16.5 Å². The number of thiophene rings is 1. The van der Waals surface area contributed by atoms with Crippen molar-refractivity contribution in [1.82, 2.24) is 5.32 Å². The SMILES string of the molecule is CNC(c1cc2ccccc2s1)c1ccccc1Cl. The van der Waals surface area contributed by atoms with Gasteiger partial charge in [-0.05, 0) is 36.2 Å². The van der Waals surface area contributed by atoms with Crippen molar-refractivity contribution in [3.05, 3.63) is 70.1 Å². The molecular weight excluding hydrogens is 274 g/mol. The fraction of sp³-hybridized carbons (Fsp3) is 0.125. The lowest BCUT2D eigenvalue weighted by Gasteiger charge is -2.16. The van der Waals surface area contributed by atoms with E-state index in [4.69, 9.17) is 11.6 Å². The predicted octanol–water partition coefficient (Wildman–Crippen LogP) is 4.86. The second kappa shape index (κ2) is 5.33. The molecule has 0 spiro atoms. The first-order valence-corrected chi connectivity index (χ1v) is 7.39. The van der Waals surface area contributed by atoms with Gasteiger partial charge in [0.1, 0.15) is 0 Å². The normalized spacial score (nSPS) is 12.7. The molecule has 0 bridgehead atoms. The second-order valence-corrected chi connectivity index (χ2v) is 5.95. The maximum atomic E-state index is 6.31. The molecule has 1 heterocycles. The third-order valence-electron chi connectivity index (χ3n) is 3.23.